The van der Waals surface area contributed by atoms with E-state index in [0.29, 0.717) is 0 Å². The smallest absolute Gasteiger partial charge is 0.307 e. The molecule has 1 heterocycles. The van der Waals surface area contributed by atoms with E-state index in [-0.39, 0.29) is 11.8 Å². The van der Waals surface area contributed by atoms with Crippen LogP contribution in [0, 0.1) is 5.92 Å². The molecule has 0 aromatic carbocycles. The first-order valence-corrected chi connectivity index (χ1v) is 4.47. The highest BCUT2D eigenvalue weighted by Gasteiger charge is 2.24. The van der Waals surface area contributed by atoms with Gasteiger partial charge in [-0.25, -0.2) is 0 Å². The van der Waals surface area contributed by atoms with Gasteiger partial charge in [0.05, 0.1) is 18.4 Å². The molecule has 16 heavy (non-hydrogen) atoms. The first-order chi connectivity index (χ1) is 7.52. The number of esters is 1. The van der Waals surface area contributed by atoms with E-state index in [0.717, 1.165) is 6.26 Å². The summed E-state index contributed by atoms with van der Waals surface area (Å²) in [4.78, 5) is 20.6. The van der Waals surface area contributed by atoms with Gasteiger partial charge in [-0.2, -0.15) is 0 Å². The number of aliphatic hydroxyl groups is 1. The fraction of sp³-hybridized carbons (Fsp3) is 0.273. The maximum absolute atomic E-state index is 10.9. The maximum Gasteiger partial charge on any atom is 0.307 e. The van der Waals surface area contributed by atoms with Gasteiger partial charge in [0.1, 0.15) is 0 Å². The summed E-state index contributed by atoms with van der Waals surface area (Å²) >= 11 is 0. The number of hydrogen-bond acceptors (Lipinski definition) is 5. The van der Waals surface area contributed by atoms with Crippen molar-refractivity contribution in [3.05, 3.63) is 37.8 Å². The SMILES string of the molecule is C=CC1C=COC(O)C1=O.C=COC(C)=O. The first-order valence-electron chi connectivity index (χ1n) is 4.47. The molecule has 0 fully saturated rings. The van der Waals surface area contributed by atoms with Crippen LogP contribution in [-0.4, -0.2) is 23.1 Å². The van der Waals surface area contributed by atoms with Crippen LogP contribution in [0.15, 0.2) is 37.8 Å². The minimum Gasteiger partial charge on any atom is -0.465 e. The zero-order chi connectivity index (χ0) is 12.6. The average molecular weight is 226 g/mol. The van der Waals surface area contributed by atoms with Gasteiger partial charge < -0.3 is 14.6 Å². The number of aliphatic hydroxyl groups excluding tert-OH is 1. The van der Waals surface area contributed by atoms with Crippen LogP contribution in [0.25, 0.3) is 0 Å². The third-order valence-corrected chi connectivity index (χ3v) is 1.57. The molecule has 5 heteroatoms. The molecule has 0 radical (unpaired) electrons. The van der Waals surface area contributed by atoms with Gasteiger partial charge in [0.25, 0.3) is 6.29 Å². The molecule has 0 bridgehead atoms. The topological polar surface area (TPSA) is 72.8 Å². The zero-order valence-corrected chi connectivity index (χ0v) is 8.96. The van der Waals surface area contributed by atoms with Crippen molar-refractivity contribution in [3.8, 4) is 0 Å². The number of ether oxygens (including phenoxy) is 2. The van der Waals surface area contributed by atoms with Crippen LogP contribution in [0.2, 0.25) is 0 Å². The van der Waals surface area contributed by atoms with Crippen molar-refractivity contribution in [1.82, 2.24) is 0 Å². The van der Waals surface area contributed by atoms with Gasteiger partial charge in [0.15, 0.2) is 0 Å². The van der Waals surface area contributed by atoms with Crippen LogP contribution in [0.3, 0.4) is 0 Å². The van der Waals surface area contributed by atoms with Gasteiger partial charge in [-0.15, -0.1) is 6.58 Å². The largest absolute Gasteiger partial charge is 0.465 e. The Morgan fingerprint density at radius 2 is 2.25 bits per heavy atom. The minimum atomic E-state index is -1.31. The summed E-state index contributed by atoms with van der Waals surface area (Å²) < 4.78 is 8.67. The monoisotopic (exact) mass is 226 g/mol. The second kappa shape index (κ2) is 7.42. The first kappa shape index (κ1) is 14.1. The number of hydrogen-bond donors (Lipinski definition) is 1. The molecule has 88 valence electrons. The lowest BCUT2D eigenvalue weighted by molar-refractivity contribution is -0.150. The molecule has 5 nitrogen and oxygen atoms in total. The molecule has 1 aliphatic heterocycles. The standard InChI is InChI=1S/C7H8O3.C4H6O2/c1-2-5-3-4-10-7(9)6(5)8;1-3-6-4(2)5/h2-5,7,9H,1H2;3H,1H2,2H3. The molecule has 1 N–H and O–H groups in total. The second-order valence-corrected chi connectivity index (χ2v) is 2.76. The Bertz CT molecular complexity index is 305. The fourth-order valence-corrected chi connectivity index (χ4v) is 0.843. The van der Waals surface area contributed by atoms with Crippen LogP contribution in [-0.2, 0) is 19.1 Å². The van der Waals surface area contributed by atoms with Crippen molar-refractivity contribution in [2.45, 2.75) is 13.2 Å². The van der Waals surface area contributed by atoms with Crippen molar-refractivity contribution < 1.29 is 24.2 Å². The van der Waals surface area contributed by atoms with E-state index in [2.05, 4.69) is 22.6 Å². The van der Waals surface area contributed by atoms with Gasteiger partial charge >= 0.3 is 5.97 Å². The summed E-state index contributed by atoms with van der Waals surface area (Å²) in [6, 6.07) is 0. The maximum atomic E-state index is 10.9. The molecule has 0 saturated heterocycles. The van der Waals surface area contributed by atoms with E-state index in [1.807, 2.05) is 0 Å². The molecule has 0 spiro atoms. The molecule has 2 atom stereocenters. The number of rotatable bonds is 2. The Labute approximate surface area is 93.7 Å². The predicted octanol–water partition coefficient (Wildman–Crippen LogP) is 0.913. The molecular weight excluding hydrogens is 212 g/mol. The van der Waals surface area contributed by atoms with E-state index in [1.165, 1.54) is 19.3 Å². The summed E-state index contributed by atoms with van der Waals surface area (Å²) in [5.41, 5.74) is 0. The lowest BCUT2D eigenvalue weighted by Crippen LogP contribution is -2.30. The summed E-state index contributed by atoms with van der Waals surface area (Å²) in [7, 11) is 0. The van der Waals surface area contributed by atoms with E-state index in [9.17, 15) is 9.59 Å². The quantitative estimate of drug-likeness (QED) is 0.430. The Balaban J connectivity index is 0.000000325. The van der Waals surface area contributed by atoms with Gasteiger partial charge in [0.2, 0.25) is 5.78 Å². The molecular formula is C11H14O5. The number of Topliss-reactive ketones (excluding diaryl/α,β-unsaturated/α-hetero) is 1. The van der Waals surface area contributed by atoms with Crippen LogP contribution < -0.4 is 0 Å². The molecule has 0 saturated carbocycles. The Kier molecular flexibility index (Phi) is 6.55. The van der Waals surface area contributed by atoms with E-state index in [1.54, 1.807) is 6.08 Å². The predicted molar refractivity (Wildman–Crippen MR) is 56.9 cm³/mol. The third-order valence-electron chi connectivity index (χ3n) is 1.57. The van der Waals surface area contributed by atoms with Gasteiger partial charge in [-0.3, -0.25) is 9.59 Å². The minimum absolute atomic E-state index is 0.329. The number of ketones is 1. The third kappa shape index (κ3) is 5.11. The van der Waals surface area contributed by atoms with E-state index < -0.39 is 12.2 Å². The van der Waals surface area contributed by atoms with Crippen LogP contribution >= 0.6 is 0 Å². The molecule has 0 amide bonds. The summed E-state index contributed by atoms with van der Waals surface area (Å²) in [6.07, 6.45) is 4.10. The van der Waals surface area contributed by atoms with Crippen LogP contribution in [0.5, 0.6) is 0 Å². The normalized spacial score (nSPS) is 22.2. The molecule has 1 rings (SSSR count). The summed E-state index contributed by atoms with van der Waals surface area (Å²) in [6.45, 7) is 7.91. The van der Waals surface area contributed by atoms with Crippen molar-refractivity contribution in [2.75, 3.05) is 0 Å². The van der Waals surface area contributed by atoms with Crippen molar-refractivity contribution in [1.29, 1.82) is 0 Å². The zero-order valence-electron chi connectivity index (χ0n) is 8.96. The lowest BCUT2D eigenvalue weighted by atomic mass is 10.0. The molecule has 0 aromatic rings. The Hall–Kier alpha value is -1.88. The molecule has 0 aromatic heterocycles. The van der Waals surface area contributed by atoms with Crippen molar-refractivity contribution >= 4 is 11.8 Å². The summed E-state index contributed by atoms with van der Waals surface area (Å²) in [5.74, 6) is -1.09. The highest BCUT2D eigenvalue weighted by molar-refractivity contribution is 5.87. The lowest BCUT2D eigenvalue weighted by Gasteiger charge is -2.16. The van der Waals surface area contributed by atoms with Crippen LogP contribution in [0.1, 0.15) is 6.92 Å². The number of carbonyl (C=O) groups is 2. The van der Waals surface area contributed by atoms with Crippen LogP contribution in [0.4, 0.5) is 0 Å². The number of carbonyl (C=O) groups excluding carboxylic acids is 2. The molecule has 1 aliphatic rings. The van der Waals surface area contributed by atoms with Gasteiger partial charge in [0, 0.05) is 6.92 Å². The van der Waals surface area contributed by atoms with Crippen molar-refractivity contribution in [2.24, 2.45) is 5.92 Å². The molecule has 2 unspecified atom stereocenters. The van der Waals surface area contributed by atoms with E-state index in [4.69, 9.17) is 5.11 Å². The summed E-state index contributed by atoms with van der Waals surface area (Å²) in [5, 5.41) is 8.81. The van der Waals surface area contributed by atoms with E-state index >= 15 is 0 Å². The van der Waals surface area contributed by atoms with Gasteiger partial charge in [-0.05, 0) is 6.08 Å². The van der Waals surface area contributed by atoms with Gasteiger partial charge in [-0.1, -0.05) is 12.7 Å². The Morgan fingerprint density at radius 1 is 1.62 bits per heavy atom. The highest BCUT2D eigenvalue weighted by Crippen LogP contribution is 2.11. The molecule has 0 aliphatic carbocycles. The number of allylic oxidation sites excluding steroid dienone is 2. The highest BCUT2D eigenvalue weighted by atomic mass is 16.6. The Morgan fingerprint density at radius 3 is 2.56 bits per heavy atom. The fourth-order valence-electron chi connectivity index (χ4n) is 0.843. The van der Waals surface area contributed by atoms with Crippen molar-refractivity contribution in [3.63, 3.8) is 0 Å². The average Bonchev–Trinajstić information content (AvgIpc) is 2.23. The second-order valence-electron chi connectivity index (χ2n) is 2.76.